The number of nitrogens with zero attached hydrogens (tertiary/aromatic N) is 3. The smallest absolute Gasteiger partial charge is 0.100 e. The van der Waals surface area contributed by atoms with E-state index in [1.807, 2.05) is 29.0 Å². The summed E-state index contributed by atoms with van der Waals surface area (Å²) in [6.07, 6.45) is 8.44. The fraction of sp³-hybridized carbons (Fsp3) is 0.273. The maximum Gasteiger partial charge on any atom is 0.100 e. The zero-order valence-corrected chi connectivity index (χ0v) is 15.8. The van der Waals surface area contributed by atoms with E-state index in [1.165, 1.54) is 4.90 Å². The van der Waals surface area contributed by atoms with Crippen LogP contribution in [-0.4, -0.2) is 9.55 Å². The summed E-state index contributed by atoms with van der Waals surface area (Å²) < 4.78 is 2.01. The lowest BCUT2D eigenvalue weighted by Gasteiger charge is -2.28. The Labute approximate surface area is 159 Å². The van der Waals surface area contributed by atoms with Gasteiger partial charge in [0.1, 0.15) is 5.41 Å². The zero-order valence-electron chi connectivity index (χ0n) is 15.0. The number of nitriles is 1. The molecule has 1 aromatic heterocycles. The van der Waals surface area contributed by atoms with Gasteiger partial charge >= 0.3 is 0 Å². The SMILES string of the molecule is CCCCC(C#N)(Cn1ccnc1)c1cccc(Sc2ccccc2)c1. The molecule has 1 heterocycles. The lowest BCUT2D eigenvalue weighted by atomic mass is 9.77. The molecule has 0 aliphatic carbocycles. The second kappa shape index (κ2) is 8.73. The number of imidazole rings is 1. The molecule has 0 N–H and O–H groups in total. The average Bonchev–Trinajstić information content (AvgIpc) is 3.19. The van der Waals surface area contributed by atoms with Gasteiger partial charge in [-0.3, -0.25) is 0 Å². The van der Waals surface area contributed by atoms with E-state index in [1.54, 1.807) is 24.3 Å². The second-order valence-corrected chi connectivity index (χ2v) is 7.62. The summed E-state index contributed by atoms with van der Waals surface area (Å²) in [6, 6.07) is 21.4. The van der Waals surface area contributed by atoms with Crippen LogP contribution < -0.4 is 0 Å². The van der Waals surface area contributed by atoms with Gasteiger partial charge in [0.25, 0.3) is 0 Å². The van der Waals surface area contributed by atoms with Crippen molar-refractivity contribution in [1.82, 2.24) is 9.55 Å². The highest BCUT2D eigenvalue weighted by Crippen LogP contribution is 2.35. The topological polar surface area (TPSA) is 41.6 Å². The first-order valence-electron chi connectivity index (χ1n) is 8.96. The van der Waals surface area contributed by atoms with Crippen LogP contribution >= 0.6 is 11.8 Å². The van der Waals surface area contributed by atoms with Crippen LogP contribution in [0.5, 0.6) is 0 Å². The van der Waals surface area contributed by atoms with E-state index in [0.717, 1.165) is 29.7 Å². The first kappa shape index (κ1) is 18.3. The van der Waals surface area contributed by atoms with Gasteiger partial charge in [-0.05, 0) is 36.2 Å². The molecule has 0 amide bonds. The molecule has 3 nitrogen and oxygen atoms in total. The summed E-state index contributed by atoms with van der Waals surface area (Å²) in [6.45, 7) is 2.80. The summed E-state index contributed by atoms with van der Waals surface area (Å²) >= 11 is 1.73. The minimum absolute atomic E-state index is 0.538. The predicted molar refractivity (Wildman–Crippen MR) is 106 cm³/mol. The molecular weight excluding hydrogens is 338 g/mol. The Bertz CT molecular complexity index is 853. The quantitative estimate of drug-likeness (QED) is 0.518. The Hall–Kier alpha value is -2.51. The number of aromatic nitrogens is 2. The van der Waals surface area contributed by atoms with Crippen LogP contribution in [-0.2, 0) is 12.0 Å². The summed E-state index contributed by atoms with van der Waals surface area (Å²) in [4.78, 5) is 6.50. The summed E-state index contributed by atoms with van der Waals surface area (Å²) in [5.74, 6) is 0. The Morgan fingerprint density at radius 2 is 1.92 bits per heavy atom. The molecule has 1 atom stereocenters. The Morgan fingerprint density at radius 3 is 2.62 bits per heavy atom. The van der Waals surface area contributed by atoms with Crippen molar-refractivity contribution in [1.29, 1.82) is 5.26 Å². The predicted octanol–water partition coefficient (Wildman–Crippen LogP) is 5.69. The molecule has 1 unspecified atom stereocenters. The van der Waals surface area contributed by atoms with Crippen molar-refractivity contribution in [3.63, 3.8) is 0 Å². The summed E-state index contributed by atoms with van der Waals surface area (Å²) in [5, 5.41) is 10.1. The highest BCUT2D eigenvalue weighted by atomic mass is 32.2. The number of hydrogen-bond acceptors (Lipinski definition) is 3. The molecule has 2 aromatic carbocycles. The number of unbranched alkanes of at least 4 members (excludes halogenated alkanes) is 1. The van der Waals surface area contributed by atoms with Crippen molar-refractivity contribution in [3.8, 4) is 6.07 Å². The van der Waals surface area contributed by atoms with Crippen LogP contribution in [0.15, 0.2) is 83.1 Å². The van der Waals surface area contributed by atoms with Crippen molar-refractivity contribution in [3.05, 3.63) is 78.9 Å². The van der Waals surface area contributed by atoms with E-state index in [-0.39, 0.29) is 0 Å². The average molecular weight is 362 g/mol. The van der Waals surface area contributed by atoms with Gasteiger partial charge < -0.3 is 4.57 Å². The van der Waals surface area contributed by atoms with Crippen LogP contribution in [0.4, 0.5) is 0 Å². The highest BCUT2D eigenvalue weighted by Gasteiger charge is 2.32. The van der Waals surface area contributed by atoms with Gasteiger partial charge in [0.2, 0.25) is 0 Å². The van der Waals surface area contributed by atoms with Crippen molar-refractivity contribution in [2.75, 3.05) is 0 Å². The highest BCUT2D eigenvalue weighted by molar-refractivity contribution is 7.99. The van der Waals surface area contributed by atoms with E-state index in [9.17, 15) is 5.26 Å². The van der Waals surface area contributed by atoms with Gasteiger partial charge in [-0.1, -0.05) is 61.9 Å². The van der Waals surface area contributed by atoms with Crippen LogP contribution in [0.1, 0.15) is 31.7 Å². The van der Waals surface area contributed by atoms with Gasteiger partial charge in [0.15, 0.2) is 0 Å². The zero-order chi connectivity index (χ0) is 18.2. The van der Waals surface area contributed by atoms with Crippen LogP contribution in [0, 0.1) is 11.3 Å². The summed E-state index contributed by atoms with van der Waals surface area (Å²) in [7, 11) is 0. The molecule has 0 bridgehead atoms. The number of benzene rings is 2. The Balaban J connectivity index is 1.92. The molecule has 0 aliphatic heterocycles. The molecule has 0 radical (unpaired) electrons. The van der Waals surface area contributed by atoms with Gasteiger partial charge in [0, 0.05) is 28.7 Å². The van der Waals surface area contributed by atoms with Crippen molar-refractivity contribution in [2.45, 2.75) is 47.9 Å². The van der Waals surface area contributed by atoms with E-state index in [0.29, 0.717) is 6.54 Å². The lowest BCUT2D eigenvalue weighted by molar-refractivity contribution is 0.411. The second-order valence-electron chi connectivity index (χ2n) is 6.48. The summed E-state index contributed by atoms with van der Waals surface area (Å²) in [5.41, 5.74) is 0.548. The normalized spacial score (nSPS) is 13.1. The van der Waals surface area contributed by atoms with Gasteiger partial charge in [-0.15, -0.1) is 0 Å². The third-order valence-electron chi connectivity index (χ3n) is 4.55. The van der Waals surface area contributed by atoms with Crippen LogP contribution in [0.25, 0.3) is 0 Å². The molecule has 26 heavy (non-hydrogen) atoms. The molecule has 0 saturated carbocycles. The van der Waals surface area contributed by atoms with Crippen LogP contribution in [0.2, 0.25) is 0 Å². The van der Waals surface area contributed by atoms with Crippen molar-refractivity contribution < 1.29 is 0 Å². The monoisotopic (exact) mass is 361 g/mol. The molecule has 0 fully saturated rings. The number of hydrogen-bond donors (Lipinski definition) is 0. The minimum Gasteiger partial charge on any atom is -0.336 e. The van der Waals surface area contributed by atoms with Gasteiger partial charge in [-0.2, -0.15) is 5.26 Å². The molecule has 0 spiro atoms. The lowest BCUT2D eigenvalue weighted by Crippen LogP contribution is -2.30. The molecular formula is C22H23N3S. The van der Waals surface area contributed by atoms with E-state index < -0.39 is 5.41 Å². The maximum absolute atomic E-state index is 10.1. The maximum atomic E-state index is 10.1. The number of rotatable bonds is 8. The molecule has 0 saturated heterocycles. The van der Waals surface area contributed by atoms with Gasteiger partial charge in [-0.25, -0.2) is 4.98 Å². The minimum atomic E-state index is -0.538. The van der Waals surface area contributed by atoms with Crippen molar-refractivity contribution in [2.24, 2.45) is 0 Å². The first-order valence-corrected chi connectivity index (χ1v) is 9.78. The van der Waals surface area contributed by atoms with E-state index in [2.05, 4.69) is 54.4 Å². The Morgan fingerprint density at radius 1 is 1.12 bits per heavy atom. The fourth-order valence-corrected chi connectivity index (χ4v) is 4.02. The van der Waals surface area contributed by atoms with Crippen molar-refractivity contribution >= 4 is 11.8 Å². The van der Waals surface area contributed by atoms with E-state index >= 15 is 0 Å². The van der Waals surface area contributed by atoms with Crippen LogP contribution in [0.3, 0.4) is 0 Å². The Kier molecular flexibility index (Phi) is 6.14. The molecule has 4 heteroatoms. The fourth-order valence-electron chi connectivity index (χ4n) is 3.12. The third-order valence-corrected chi connectivity index (χ3v) is 5.55. The molecule has 3 aromatic rings. The molecule has 0 aliphatic rings. The largest absolute Gasteiger partial charge is 0.336 e. The third kappa shape index (κ3) is 4.36. The van der Waals surface area contributed by atoms with Gasteiger partial charge in [0.05, 0.1) is 12.4 Å². The van der Waals surface area contributed by atoms with E-state index in [4.69, 9.17) is 0 Å². The molecule has 132 valence electrons. The standard InChI is InChI=1S/C22H23N3S/c1-2-3-12-22(16-23,17-25-14-13-24-18-25)19-8-7-11-21(15-19)26-20-9-5-4-6-10-20/h4-11,13-15,18H,2-3,12,17H2,1H3. The molecule has 3 rings (SSSR count). The first-order chi connectivity index (χ1) is 12.8.